The third kappa shape index (κ3) is 5.88. The molecule has 3 aliphatic carbocycles. The number of hydrogen-bond donors (Lipinski definition) is 0. The predicted octanol–water partition coefficient (Wildman–Crippen LogP) is 7.90. The molecule has 136 valence electrons. The van der Waals surface area contributed by atoms with E-state index < -0.39 is 0 Å². The van der Waals surface area contributed by atoms with Crippen LogP contribution in [-0.2, 0) is 0 Å². The van der Waals surface area contributed by atoms with E-state index in [9.17, 15) is 0 Å². The van der Waals surface area contributed by atoms with Crippen molar-refractivity contribution in [1.82, 2.24) is 0 Å². The first-order chi connectivity index (χ1) is 12.3. The minimum absolute atomic E-state index is 0.588. The molecule has 0 aliphatic heterocycles. The summed E-state index contributed by atoms with van der Waals surface area (Å²) in [5, 5.41) is 0. The number of rotatable bonds is 1. The van der Waals surface area contributed by atoms with E-state index in [-0.39, 0.29) is 0 Å². The van der Waals surface area contributed by atoms with Crippen LogP contribution < -0.4 is 0 Å². The summed E-state index contributed by atoms with van der Waals surface area (Å²) in [4.78, 5) is 0. The van der Waals surface area contributed by atoms with Crippen molar-refractivity contribution in [3.63, 3.8) is 0 Å². The third-order valence-corrected chi connectivity index (χ3v) is 4.55. The Morgan fingerprint density at radius 2 is 1.20 bits per heavy atom. The maximum atomic E-state index is 2.35. The van der Waals surface area contributed by atoms with E-state index in [4.69, 9.17) is 0 Å². The van der Waals surface area contributed by atoms with Gasteiger partial charge >= 0.3 is 0 Å². The standard InChI is InChI=1S/C21H24.2C2H6/c1-16(2)21-15-19-11-7-3-5-9-17(19)13-14-18-10-6-4-8-12-20(18)21;2*1-2/h5-14,16,21H,3-4,15H2,1-2H3;2*1-2H3/b14-13-;;. The molecule has 0 aromatic rings. The minimum atomic E-state index is 0.588. The van der Waals surface area contributed by atoms with Gasteiger partial charge in [-0.25, -0.2) is 0 Å². The van der Waals surface area contributed by atoms with Gasteiger partial charge in [0, 0.05) is 0 Å². The molecule has 0 aromatic heterocycles. The molecule has 0 radical (unpaired) electrons. The van der Waals surface area contributed by atoms with Crippen molar-refractivity contribution in [3.8, 4) is 0 Å². The maximum Gasteiger partial charge on any atom is -0.00924 e. The predicted molar refractivity (Wildman–Crippen MR) is 115 cm³/mol. The van der Waals surface area contributed by atoms with Crippen molar-refractivity contribution >= 4 is 0 Å². The Labute approximate surface area is 156 Å². The molecule has 0 nitrogen and oxygen atoms in total. The van der Waals surface area contributed by atoms with Crippen molar-refractivity contribution in [1.29, 1.82) is 0 Å². The topological polar surface area (TPSA) is 0 Å². The zero-order valence-corrected chi connectivity index (χ0v) is 17.0. The summed E-state index contributed by atoms with van der Waals surface area (Å²) < 4.78 is 0. The maximum absolute atomic E-state index is 2.35. The zero-order valence-electron chi connectivity index (χ0n) is 17.0. The first kappa shape index (κ1) is 21.2. The van der Waals surface area contributed by atoms with Crippen LogP contribution in [0, 0.1) is 11.8 Å². The Morgan fingerprint density at radius 1 is 0.680 bits per heavy atom. The van der Waals surface area contributed by atoms with Gasteiger partial charge in [0.2, 0.25) is 0 Å². The Hall–Kier alpha value is -1.82. The molecule has 3 rings (SSSR count). The van der Waals surface area contributed by atoms with E-state index in [0.29, 0.717) is 11.8 Å². The Kier molecular flexibility index (Phi) is 9.92. The second-order valence-electron chi connectivity index (χ2n) is 6.36. The molecule has 0 aromatic carbocycles. The summed E-state index contributed by atoms with van der Waals surface area (Å²) in [6, 6.07) is 0. The molecule has 25 heavy (non-hydrogen) atoms. The van der Waals surface area contributed by atoms with Crippen molar-refractivity contribution in [2.45, 2.75) is 60.8 Å². The fraction of sp³-hybridized carbons (Fsp3) is 0.440. The summed E-state index contributed by atoms with van der Waals surface area (Å²) in [6.07, 6.45) is 26.2. The summed E-state index contributed by atoms with van der Waals surface area (Å²) in [7, 11) is 0. The Balaban J connectivity index is 0.000000730. The van der Waals surface area contributed by atoms with Gasteiger partial charge in [-0.1, -0.05) is 102 Å². The van der Waals surface area contributed by atoms with Crippen LogP contribution in [0.15, 0.2) is 83.1 Å². The highest BCUT2D eigenvalue weighted by atomic mass is 14.3. The van der Waals surface area contributed by atoms with Crippen LogP contribution in [0.2, 0.25) is 0 Å². The van der Waals surface area contributed by atoms with Crippen LogP contribution in [0.1, 0.15) is 60.8 Å². The summed E-state index contributed by atoms with van der Waals surface area (Å²) >= 11 is 0. The molecule has 3 aliphatic rings. The van der Waals surface area contributed by atoms with Crippen molar-refractivity contribution in [3.05, 3.63) is 83.1 Å². The van der Waals surface area contributed by atoms with Crippen molar-refractivity contribution in [2.24, 2.45) is 11.8 Å². The van der Waals surface area contributed by atoms with Crippen LogP contribution in [0.4, 0.5) is 0 Å². The van der Waals surface area contributed by atoms with Gasteiger partial charge in [0.05, 0.1) is 0 Å². The molecule has 0 amide bonds. The van der Waals surface area contributed by atoms with Gasteiger partial charge in [-0.2, -0.15) is 0 Å². The number of hydrogen-bond acceptors (Lipinski definition) is 0. The van der Waals surface area contributed by atoms with E-state index in [1.807, 2.05) is 27.7 Å². The van der Waals surface area contributed by atoms with Gasteiger partial charge in [-0.15, -0.1) is 0 Å². The molecular formula is C25H36. The molecule has 0 fully saturated rings. The average molecular weight is 337 g/mol. The lowest BCUT2D eigenvalue weighted by molar-refractivity contribution is 0.447. The van der Waals surface area contributed by atoms with Gasteiger partial charge < -0.3 is 0 Å². The molecule has 1 unspecified atom stereocenters. The van der Waals surface area contributed by atoms with Crippen molar-refractivity contribution < 1.29 is 0 Å². The van der Waals surface area contributed by atoms with E-state index >= 15 is 0 Å². The fourth-order valence-corrected chi connectivity index (χ4v) is 3.31. The first-order valence-electron chi connectivity index (χ1n) is 10.1. The molecule has 0 N–H and O–H groups in total. The molecule has 0 heteroatoms. The zero-order chi connectivity index (χ0) is 18.7. The lowest BCUT2D eigenvalue weighted by atomic mass is 9.78. The van der Waals surface area contributed by atoms with E-state index in [1.54, 1.807) is 0 Å². The van der Waals surface area contributed by atoms with E-state index in [0.717, 1.165) is 19.3 Å². The molecule has 1 atom stereocenters. The van der Waals surface area contributed by atoms with Gasteiger partial charge in [0.1, 0.15) is 0 Å². The SMILES string of the molecule is CC.CC.CC(C)C1CC2=C(C=CCC=C2)/C=C\C2=C1C=CCC=C2. The molecule has 0 heterocycles. The monoisotopic (exact) mass is 336 g/mol. The minimum Gasteiger partial charge on any atom is -0.0804 e. The van der Waals surface area contributed by atoms with Crippen LogP contribution in [0.25, 0.3) is 0 Å². The molecular weight excluding hydrogens is 300 g/mol. The summed E-state index contributed by atoms with van der Waals surface area (Å²) in [5.74, 6) is 1.23. The highest BCUT2D eigenvalue weighted by molar-refractivity contribution is 5.52. The van der Waals surface area contributed by atoms with Crippen LogP contribution >= 0.6 is 0 Å². The lowest BCUT2D eigenvalue weighted by Crippen LogP contribution is -2.14. The lowest BCUT2D eigenvalue weighted by Gasteiger charge is -2.26. The quantitative estimate of drug-likeness (QED) is 0.456. The molecule has 0 saturated carbocycles. The normalized spacial score (nSPS) is 22.4. The van der Waals surface area contributed by atoms with Gasteiger partial charge in [0.25, 0.3) is 0 Å². The third-order valence-electron chi connectivity index (χ3n) is 4.55. The van der Waals surface area contributed by atoms with Crippen molar-refractivity contribution in [2.75, 3.05) is 0 Å². The largest absolute Gasteiger partial charge is 0.0804 e. The smallest absolute Gasteiger partial charge is 0.00924 e. The number of allylic oxidation sites excluding steroid dienone is 14. The molecule has 0 saturated heterocycles. The summed E-state index contributed by atoms with van der Waals surface area (Å²) in [6.45, 7) is 12.7. The first-order valence-corrected chi connectivity index (χ1v) is 10.1. The fourth-order valence-electron chi connectivity index (χ4n) is 3.31. The van der Waals surface area contributed by atoms with E-state index in [2.05, 4.69) is 74.6 Å². The van der Waals surface area contributed by atoms with E-state index in [1.165, 1.54) is 22.3 Å². The molecule has 0 spiro atoms. The second kappa shape index (κ2) is 11.7. The summed E-state index contributed by atoms with van der Waals surface area (Å²) in [5.41, 5.74) is 5.74. The highest BCUT2D eigenvalue weighted by Crippen LogP contribution is 2.36. The van der Waals surface area contributed by atoms with Gasteiger partial charge in [0.15, 0.2) is 0 Å². The van der Waals surface area contributed by atoms with Crippen LogP contribution in [-0.4, -0.2) is 0 Å². The van der Waals surface area contributed by atoms with Crippen LogP contribution in [0.5, 0.6) is 0 Å². The average Bonchev–Trinajstić information content (AvgIpc) is 2.99. The molecule has 0 bridgehead atoms. The van der Waals surface area contributed by atoms with Gasteiger partial charge in [-0.3, -0.25) is 0 Å². The Morgan fingerprint density at radius 3 is 1.84 bits per heavy atom. The highest BCUT2D eigenvalue weighted by Gasteiger charge is 2.22. The second-order valence-corrected chi connectivity index (χ2v) is 6.36. The Bertz CT molecular complexity index is 612. The van der Waals surface area contributed by atoms with Gasteiger partial charge in [-0.05, 0) is 53.4 Å². The van der Waals surface area contributed by atoms with Crippen LogP contribution in [0.3, 0.4) is 0 Å².